The zero-order valence-corrected chi connectivity index (χ0v) is 17.1. The molecule has 1 saturated heterocycles. The van der Waals surface area contributed by atoms with E-state index in [1.807, 2.05) is 34.7 Å². The summed E-state index contributed by atoms with van der Waals surface area (Å²) in [4.78, 5) is 19.3. The molecule has 0 atom stereocenters. The van der Waals surface area contributed by atoms with Crippen molar-refractivity contribution in [3.63, 3.8) is 0 Å². The van der Waals surface area contributed by atoms with Gasteiger partial charge in [0.05, 0.1) is 29.1 Å². The molecule has 0 spiro atoms. The molecule has 0 unspecified atom stereocenters. The molecule has 29 heavy (non-hydrogen) atoms. The number of anilines is 1. The van der Waals surface area contributed by atoms with Crippen molar-refractivity contribution >= 4 is 38.6 Å². The number of hydrogen-bond acceptors (Lipinski definition) is 5. The number of rotatable bonds is 3. The van der Waals surface area contributed by atoms with Crippen molar-refractivity contribution in [1.82, 2.24) is 19.2 Å². The minimum Gasteiger partial charge on any atom is -0.341 e. The number of halogens is 1. The fraction of sp³-hybridized carbons (Fsp3) is 0.238. The van der Waals surface area contributed by atoms with Crippen LogP contribution in [0, 0.1) is 11.3 Å². The molecule has 0 N–H and O–H groups in total. The van der Waals surface area contributed by atoms with E-state index in [1.54, 1.807) is 16.8 Å². The van der Waals surface area contributed by atoms with Gasteiger partial charge in [-0.1, -0.05) is 28.1 Å². The van der Waals surface area contributed by atoms with E-state index in [-0.39, 0.29) is 5.56 Å². The minimum atomic E-state index is -0.268. The summed E-state index contributed by atoms with van der Waals surface area (Å²) < 4.78 is 4.60. The van der Waals surface area contributed by atoms with Crippen LogP contribution >= 0.6 is 15.9 Å². The molecule has 1 aliphatic heterocycles. The van der Waals surface area contributed by atoms with Crippen LogP contribution in [-0.4, -0.2) is 32.3 Å². The molecule has 0 bridgehead atoms. The molecule has 0 saturated carbocycles. The third-order valence-electron chi connectivity index (χ3n) is 5.28. The van der Waals surface area contributed by atoms with Crippen LogP contribution in [0.3, 0.4) is 0 Å². The quantitative estimate of drug-likeness (QED) is 0.480. The first kappa shape index (κ1) is 17.9. The maximum atomic E-state index is 12.7. The first-order valence-electron chi connectivity index (χ1n) is 9.47. The second-order valence-corrected chi connectivity index (χ2v) is 8.09. The maximum absolute atomic E-state index is 12.7. The summed E-state index contributed by atoms with van der Waals surface area (Å²) in [5.41, 5.74) is 2.14. The van der Waals surface area contributed by atoms with Crippen molar-refractivity contribution in [3.8, 4) is 6.07 Å². The number of fused-ring (bicyclic) bond motifs is 3. The van der Waals surface area contributed by atoms with E-state index in [4.69, 9.17) is 10.4 Å². The monoisotopic (exact) mass is 448 g/mol. The van der Waals surface area contributed by atoms with Gasteiger partial charge in [-0.3, -0.25) is 4.79 Å². The van der Waals surface area contributed by atoms with E-state index in [2.05, 4.69) is 31.9 Å². The Bertz CT molecular complexity index is 1330. The lowest BCUT2D eigenvalue weighted by Crippen LogP contribution is -2.21. The number of aromatic nitrogens is 4. The van der Waals surface area contributed by atoms with Crippen molar-refractivity contribution in [3.05, 3.63) is 68.4 Å². The van der Waals surface area contributed by atoms with Crippen LogP contribution in [0.2, 0.25) is 0 Å². The van der Waals surface area contributed by atoms with Gasteiger partial charge >= 0.3 is 0 Å². The number of nitrogens with zero attached hydrogens (tertiary/aromatic N) is 6. The number of benzene rings is 2. The molecule has 1 fully saturated rings. The maximum Gasteiger partial charge on any atom is 0.282 e. The highest BCUT2D eigenvalue weighted by molar-refractivity contribution is 9.10. The Morgan fingerprint density at radius 1 is 1.10 bits per heavy atom. The second-order valence-electron chi connectivity index (χ2n) is 7.17. The van der Waals surface area contributed by atoms with Gasteiger partial charge in [0.1, 0.15) is 0 Å². The van der Waals surface area contributed by atoms with Crippen LogP contribution in [0.1, 0.15) is 24.0 Å². The van der Waals surface area contributed by atoms with Gasteiger partial charge in [-0.2, -0.15) is 10.2 Å². The predicted molar refractivity (Wildman–Crippen MR) is 114 cm³/mol. The molecule has 0 amide bonds. The van der Waals surface area contributed by atoms with Crippen LogP contribution in [0.15, 0.2) is 51.7 Å². The highest BCUT2D eigenvalue weighted by Crippen LogP contribution is 2.25. The Morgan fingerprint density at radius 2 is 1.86 bits per heavy atom. The molecule has 4 aromatic rings. The lowest BCUT2D eigenvalue weighted by Gasteiger charge is -2.15. The van der Waals surface area contributed by atoms with E-state index in [9.17, 15) is 4.79 Å². The molecule has 1 aliphatic rings. The van der Waals surface area contributed by atoms with Gasteiger partial charge in [0, 0.05) is 17.6 Å². The summed E-state index contributed by atoms with van der Waals surface area (Å²) in [6.45, 7) is 2.35. The smallest absolute Gasteiger partial charge is 0.282 e. The lowest BCUT2D eigenvalue weighted by atomic mass is 10.1. The van der Waals surface area contributed by atoms with Gasteiger partial charge in [0.2, 0.25) is 11.7 Å². The lowest BCUT2D eigenvalue weighted by molar-refractivity contribution is 0.696. The largest absolute Gasteiger partial charge is 0.341 e. The Hall–Kier alpha value is -3.18. The fourth-order valence-corrected chi connectivity index (χ4v) is 4.20. The predicted octanol–water partition coefficient (Wildman–Crippen LogP) is 3.33. The molecule has 8 heteroatoms. The van der Waals surface area contributed by atoms with Gasteiger partial charge in [-0.25, -0.2) is 9.08 Å². The number of hydrogen-bond donors (Lipinski definition) is 0. The Morgan fingerprint density at radius 3 is 2.59 bits per heavy atom. The average Bonchev–Trinajstić information content (AvgIpc) is 3.37. The normalized spacial score (nSPS) is 14.0. The molecule has 7 nitrogen and oxygen atoms in total. The van der Waals surface area contributed by atoms with Gasteiger partial charge < -0.3 is 4.90 Å². The van der Waals surface area contributed by atoms with Crippen molar-refractivity contribution in [2.45, 2.75) is 19.4 Å². The van der Waals surface area contributed by atoms with E-state index < -0.39 is 0 Å². The number of nitriles is 1. The molecule has 0 radical (unpaired) electrons. The summed E-state index contributed by atoms with van der Waals surface area (Å²) in [5, 5.41) is 14.4. The van der Waals surface area contributed by atoms with Gasteiger partial charge in [0.25, 0.3) is 5.56 Å². The van der Waals surface area contributed by atoms with Crippen LogP contribution in [-0.2, 0) is 6.54 Å². The standard InChI is InChI=1S/C21H17BrN6O/c22-16-7-8-18-17(11-16)19(29)24-20-27(13-15-5-3-14(12-23)4-6-15)25-21(28(18)20)26-9-1-2-10-26/h3-8,11H,1-2,9-10,13H2. The van der Waals surface area contributed by atoms with Crippen LogP contribution in [0.5, 0.6) is 0 Å². The SMILES string of the molecule is N#Cc1ccc(Cn2nc(N3CCCC3)n3c4ccc(Br)cc4c(=O)nc23)cc1. The summed E-state index contributed by atoms with van der Waals surface area (Å²) in [6, 6.07) is 15.2. The zero-order valence-electron chi connectivity index (χ0n) is 15.5. The molecular weight excluding hydrogens is 432 g/mol. The van der Waals surface area contributed by atoms with E-state index >= 15 is 0 Å². The molecule has 2 aromatic heterocycles. The summed E-state index contributed by atoms with van der Waals surface area (Å²) in [7, 11) is 0. The van der Waals surface area contributed by atoms with Crippen molar-refractivity contribution in [2.24, 2.45) is 0 Å². The highest BCUT2D eigenvalue weighted by Gasteiger charge is 2.22. The average molecular weight is 449 g/mol. The van der Waals surface area contributed by atoms with Crippen molar-refractivity contribution in [1.29, 1.82) is 5.26 Å². The third-order valence-corrected chi connectivity index (χ3v) is 5.77. The third kappa shape index (κ3) is 3.08. The van der Waals surface area contributed by atoms with Gasteiger partial charge in [-0.15, -0.1) is 5.10 Å². The topological polar surface area (TPSA) is 79.2 Å². The Balaban J connectivity index is 1.73. The zero-order chi connectivity index (χ0) is 20.0. The van der Waals surface area contributed by atoms with Crippen molar-refractivity contribution in [2.75, 3.05) is 18.0 Å². The van der Waals surface area contributed by atoms with E-state index in [0.717, 1.165) is 47.4 Å². The van der Waals surface area contributed by atoms with Crippen molar-refractivity contribution < 1.29 is 0 Å². The highest BCUT2D eigenvalue weighted by atomic mass is 79.9. The summed E-state index contributed by atoms with van der Waals surface area (Å²) in [5.74, 6) is 1.34. The van der Waals surface area contributed by atoms with Gasteiger partial charge in [0.15, 0.2) is 0 Å². The van der Waals surface area contributed by atoms with Crippen LogP contribution in [0.25, 0.3) is 16.7 Å². The summed E-state index contributed by atoms with van der Waals surface area (Å²) in [6.07, 6.45) is 2.25. The molecule has 144 valence electrons. The Kier molecular flexibility index (Phi) is 4.32. The van der Waals surface area contributed by atoms with E-state index in [0.29, 0.717) is 23.3 Å². The first-order valence-corrected chi connectivity index (χ1v) is 10.3. The first-order chi connectivity index (χ1) is 14.1. The van der Waals surface area contributed by atoms with E-state index in [1.165, 1.54) is 0 Å². The van der Waals surface area contributed by atoms with Gasteiger partial charge in [-0.05, 0) is 48.7 Å². The van der Waals surface area contributed by atoms with Crippen LogP contribution < -0.4 is 10.5 Å². The minimum absolute atomic E-state index is 0.268. The van der Waals surface area contributed by atoms with Crippen LogP contribution in [0.4, 0.5) is 5.95 Å². The Labute approximate surface area is 174 Å². The molecule has 5 rings (SSSR count). The molecule has 3 heterocycles. The molecule has 0 aliphatic carbocycles. The second kappa shape index (κ2) is 7.01. The molecule has 2 aromatic carbocycles. The summed E-state index contributed by atoms with van der Waals surface area (Å²) >= 11 is 3.45. The molecular formula is C21H17BrN6O. The fourth-order valence-electron chi connectivity index (χ4n) is 3.84.